The molecule has 0 aromatic heterocycles. The van der Waals surface area contributed by atoms with Gasteiger partial charge in [0.25, 0.3) is 10.1 Å². The fraction of sp³-hybridized carbons (Fsp3) is 0.800. The summed E-state index contributed by atoms with van der Waals surface area (Å²) in [6.07, 6.45) is -0.792. The van der Waals surface area contributed by atoms with Crippen molar-refractivity contribution in [3.8, 4) is 0 Å². The van der Waals surface area contributed by atoms with Crippen molar-refractivity contribution < 1.29 is 17.4 Å². The maximum atomic E-state index is 10.8. The molecule has 0 aliphatic carbocycles. The van der Waals surface area contributed by atoms with Crippen LogP contribution in [-0.2, 0) is 19.1 Å². The summed E-state index contributed by atoms with van der Waals surface area (Å²) in [6.45, 7) is 2.77. The molecule has 2 atom stereocenters. The van der Waals surface area contributed by atoms with Gasteiger partial charge in [0, 0.05) is 0 Å². The topological polar surface area (TPSA) is 60.4 Å². The first kappa shape index (κ1) is 7.68. The Bertz CT molecular complexity index is 253. The van der Waals surface area contributed by atoms with E-state index in [2.05, 4.69) is 4.18 Å². The van der Waals surface area contributed by atoms with E-state index in [-0.39, 0.29) is 5.78 Å². The summed E-state index contributed by atoms with van der Waals surface area (Å²) in [5, 5.41) is -0.984. The summed E-state index contributed by atoms with van der Waals surface area (Å²) in [7, 11) is -3.57. The first-order chi connectivity index (χ1) is 4.45. The van der Waals surface area contributed by atoms with Crippen LogP contribution in [-0.4, -0.2) is 25.6 Å². The molecule has 0 aromatic carbocycles. The first-order valence-electron chi connectivity index (χ1n) is 2.91. The predicted octanol–water partition coefficient (Wildman–Crippen LogP) is -0.308. The molecular weight excluding hydrogens is 156 g/mol. The Labute approximate surface area is 59.3 Å². The van der Waals surface area contributed by atoms with E-state index >= 15 is 0 Å². The Morgan fingerprint density at radius 2 is 1.90 bits per heavy atom. The van der Waals surface area contributed by atoms with Gasteiger partial charge in [-0.05, 0) is 13.8 Å². The van der Waals surface area contributed by atoms with Gasteiger partial charge in [-0.25, -0.2) is 0 Å². The van der Waals surface area contributed by atoms with Crippen molar-refractivity contribution in [2.24, 2.45) is 0 Å². The van der Waals surface area contributed by atoms with Crippen molar-refractivity contribution in [3.63, 3.8) is 0 Å². The predicted molar refractivity (Wildman–Crippen MR) is 33.9 cm³/mol. The van der Waals surface area contributed by atoms with Crippen molar-refractivity contribution in [2.75, 3.05) is 0 Å². The molecule has 10 heavy (non-hydrogen) atoms. The van der Waals surface area contributed by atoms with E-state index in [0.29, 0.717) is 0 Å². The lowest BCUT2D eigenvalue weighted by molar-refractivity contribution is -0.121. The van der Waals surface area contributed by atoms with Gasteiger partial charge in [0.1, 0.15) is 11.4 Å². The number of rotatable bonds is 0. The minimum atomic E-state index is -3.57. The monoisotopic (exact) mass is 164 g/mol. The molecule has 5 heteroatoms. The number of hydrogen-bond acceptors (Lipinski definition) is 4. The summed E-state index contributed by atoms with van der Waals surface area (Å²) in [4.78, 5) is 10.8. The third-order valence-electron chi connectivity index (χ3n) is 1.51. The molecule has 0 spiro atoms. The number of carbonyl (C=O) groups excluding carboxylic acids is 1. The van der Waals surface area contributed by atoms with Gasteiger partial charge in [0.2, 0.25) is 0 Å². The highest BCUT2D eigenvalue weighted by atomic mass is 32.2. The molecule has 0 aromatic rings. The van der Waals surface area contributed by atoms with E-state index in [0.717, 1.165) is 0 Å². The van der Waals surface area contributed by atoms with Crippen molar-refractivity contribution in [1.29, 1.82) is 0 Å². The zero-order valence-corrected chi connectivity index (χ0v) is 6.51. The van der Waals surface area contributed by atoms with Crippen molar-refractivity contribution in [2.45, 2.75) is 25.2 Å². The van der Waals surface area contributed by atoms with Gasteiger partial charge in [-0.1, -0.05) is 0 Å². The third-order valence-corrected chi connectivity index (χ3v) is 3.17. The molecule has 1 heterocycles. The molecule has 4 nitrogen and oxygen atoms in total. The van der Waals surface area contributed by atoms with E-state index < -0.39 is 21.5 Å². The van der Waals surface area contributed by atoms with Crippen molar-refractivity contribution >= 4 is 15.9 Å². The van der Waals surface area contributed by atoms with Crippen LogP contribution in [0.2, 0.25) is 0 Å². The van der Waals surface area contributed by atoms with Crippen LogP contribution in [0, 0.1) is 0 Å². The molecule has 0 saturated carbocycles. The maximum Gasteiger partial charge on any atom is 0.277 e. The second kappa shape index (κ2) is 2.03. The largest absolute Gasteiger partial charge is 0.295 e. The fourth-order valence-corrected chi connectivity index (χ4v) is 1.94. The Kier molecular flexibility index (Phi) is 1.56. The minimum Gasteiger partial charge on any atom is -0.295 e. The van der Waals surface area contributed by atoms with E-state index in [1.54, 1.807) is 0 Å². The van der Waals surface area contributed by atoms with Gasteiger partial charge in [0.05, 0.1) is 0 Å². The summed E-state index contributed by atoms with van der Waals surface area (Å²) >= 11 is 0. The van der Waals surface area contributed by atoms with Gasteiger partial charge in [-0.3, -0.25) is 8.98 Å². The molecule has 2 unspecified atom stereocenters. The molecule has 1 rings (SSSR count). The zero-order chi connectivity index (χ0) is 7.94. The first-order valence-corrected chi connectivity index (χ1v) is 4.38. The summed E-state index contributed by atoms with van der Waals surface area (Å²) in [5.74, 6) is -0.361. The Hall–Kier alpha value is -0.420. The van der Waals surface area contributed by atoms with E-state index in [9.17, 15) is 13.2 Å². The fourth-order valence-electron chi connectivity index (χ4n) is 0.805. The number of ketones is 1. The molecule has 58 valence electrons. The molecule has 1 saturated heterocycles. The molecule has 1 aliphatic rings. The minimum absolute atomic E-state index is 0.361. The highest BCUT2D eigenvalue weighted by Gasteiger charge is 2.42. The SMILES string of the molecule is CC1OS(=O)(=O)C(C)C1=O. The van der Waals surface area contributed by atoms with Gasteiger partial charge in [0.15, 0.2) is 5.78 Å². The van der Waals surface area contributed by atoms with Crippen LogP contribution in [0.5, 0.6) is 0 Å². The van der Waals surface area contributed by atoms with E-state index in [1.165, 1.54) is 13.8 Å². The zero-order valence-electron chi connectivity index (χ0n) is 5.70. The van der Waals surface area contributed by atoms with Gasteiger partial charge in [-0.2, -0.15) is 8.42 Å². The Morgan fingerprint density at radius 3 is 2.00 bits per heavy atom. The number of Topliss-reactive ketones (excluding diaryl/α,β-unsaturated/α-hetero) is 1. The summed E-state index contributed by atoms with van der Waals surface area (Å²) in [5.41, 5.74) is 0. The lowest BCUT2D eigenvalue weighted by Gasteiger charge is -1.93. The number of hydrogen-bond donors (Lipinski definition) is 0. The molecular formula is C5H8O4S. The molecule has 1 fully saturated rings. The average molecular weight is 164 g/mol. The molecule has 0 radical (unpaired) electrons. The van der Waals surface area contributed by atoms with Crippen LogP contribution >= 0.6 is 0 Å². The summed E-state index contributed by atoms with van der Waals surface area (Å²) < 4.78 is 25.9. The van der Waals surface area contributed by atoms with Crippen LogP contribution in [0.3, 0.4) is 0 Å². The Morgan fingerprint density at radius 1 is 1.40 bits per heavy atom. The summed E-state index contributed by atoms with van der Waals surface area (Å²) in [6, 6.07) is 0. The standard InChI is InChI=1S/C5H8O4S/c1-3-5(6)4(2)10(7,8)9-3/h3-4H,1-2H3. The van der Waals surface area contributed by atoms with E-state index in [1.807, 2.05) is 0 Å². The quantitative estimate of drug-likeness (QED) is 0.461. The van der Waals surface area contributed by atoms with Crippen molar-refractivity contribution in [3.05, 3.63) is 0 Å². The highest BCUT2D eigenvalue weighted by Crippen LogP contribution is 2.19. The number of carbonyl (C=O) groups is 1. The third kappa shape index (κ3) is 0.951. The highest BCUT2D eigenvalue weighted by molar-refractivity contribution is 7.88. The van der Waals surface area contributed by atoms with E-state index in [4.69, 9.17) is 0 Å². The van der Waals surface area contributed by atoms with Crippen LogP contribution in [0.15, 0.2) is 0 Å². The van der Waals surface area contributed by atoms with Crippen LogP contribution in [0.25, 0.3) is 0 Å². The van der Waals surface area contributed by atoms with Crippen LogP contribution in [0.1, 0.15) is 13.8 Å². The normalized spacial score (nSPS) is 38.4. The molecule has 0 N–H and O–H groups in total. The molecule has 0 amide bonds. The maximum absolute atomic E-state index is 10.8. The van der Waals surface area contributed by atoms with Crippen LogP contribution in [0.4, 0.5) is 0 Å². The van der Waals surface area contributed by atoms with Gasteiger partial charge >= 0.3 is 0 Å². The lowest BCUT2D eigenvalue weighted by Crippen LogP contribution is -2.20. The van der Waals surface area contributed by atoms with Crippen LogP contribution < -0.4 is 0 Å². The molecule has 1 aliphatic heterocycles. The molecule has 0 bridgehead atoms. The van der Waals surface area contributed by atoms with Gasteiger partial charge in [-0.15, -0.1) is 0 Å². The average Bonchev–Trinajstić information content (AvgIpc) is 1.95. The smallest absolute Gasteiger partial charge is 0.277 e. The Balaban J connectivity index is 3.04. The second-order valence-electron chi connectivity index (χ2n) is 2.28. The lowest BCUT2D eigenvalue weighted by atomic mass is 10.2. The van der Waals surface area contributed by atoms with Crippen molar-refractivity contribution in [1.82, 2.24) is 0 Å². The van der Waals surface area contributed by atoms with Gasteiger partial charge < -0.3 is 0 Å². The second-order valence-corrected chi connectivity index (χ2v) is 4.16.